The number of rotatable bonds is 6. The van der Waals surface area contributed by atoms with Gasteiger partial charge in [-0.2, -0.15) is 0 Å². The highest BCUT2D eigenvalue weighted by atomic mass is 19.1. The van der Waals surface area contributed by atoms with Crippen molar-refractivity contribution in [3.8, 4) is 0 Å². The number of quaternary nitrogens is 2. The fraction of sp³-hybridized carbons (Fsp3) is 0.636. The van der Waals surface area contributed by atoms with Gasteiger partial charge in [-0.05, 0) is 43.9 Å². The molecule has 0 aromatic heterocycles. The molecule has 0 unspecified atom stereocenters. The van der Waals surface area contributed by atoms with Gasteiger partial charge in [0, 0.05) is 11.7 Å². The summed E-state index contributed by atoms with van der Waals surface area (Å²) in [6.07, 6.45) is 4.77. The molecule has 1 aliphatic carbocycles. The number of nitrogens with one attached hydrogen (secondary N) is 4. The molecule has 2 fully saturated rings. The Morgan fingerprint density at radius 1 is 1.17 bits per heavy atom. The Labute approximate surface area is 172 Å². The lowest BCUT2D eigenvalue weighted by Gasteiger charge is -2.34. The van der Waals surface area contributed by atoms with Gasteiger partial charge in [-0.1, -0.05) is 25.8 Å². The van der Waals surface area contributed by atoms with Crippen molar-refractivity contribution in [2.45, 2.75) is 51.6 Å². The van der Waals surface area contributed by atoms with E-state index in [0.717, 1.165) is 32.6 Å². The molecular formula is C22H35FN4O2+2. The van der Waals surface area contributed by atoms with Gasteiger partial charge in [0.2, 0.25) is 0 Å². The Morgan fingerprint density at radius 3 is 2.59 bits per heavy atom. The lowest BCUT2D eigenvalue weighted by Crippen LogP contribution is -3.30. The number of carbonyl (C=O) groups excluding carboxylic acids is 2. The van der Waals surface area contributed by atoms with E-state index in [1.807, 2.05) is 6.92 Å². The average Bonchev–Trinajstić information content (AvgIpc) is 2.69. The highest BCUT2D eigenvalue weighted by Gasteiger charge is 2.33. The van der Waals surface area contributed by atoms with Crippen LogP contribution in [0.4, 0.5) is 10.1 Å². The summed E-state index contributed by atoms with van der Waals surface area (Å²) in [4.78, 5) is 27.5. The number of hydrogen-bond donors (Lipinski definition) is 4. The Bertz CT molecular complexity index is 706. The minimum absolute atomic E-state index is 0.0632. The topological polar surface area (TPSA) is 67.1 Å². The molecule has 3 rings (SSSR count). The summed E-state index contributed by atoms with van der Waals surface area (Å²) >= 11 is 0. The van der Waals surface area contributed by atoms with Gasteiger partial charge in [0.05, 0.1) is 0 Å². The van der Waals surface area contributed by atoms with Crippen molar-refractivity contribution in [3.05, 3.63) is 30.1 Å². The molecule has 29 heavy (non-hydrogen) atoms. The Morgan fingerprint density at radius 2 is 1.90 bits per heavy atom. The fourth-order valence-electron chi connectivity index (χ4n) is 4.56. The summed E-state index contributed by atoms with van der Waals surface area (Å²) in [6.45, 7) is 8.06. The third-order valence-corrected chi connectivity index (χ3v) is 6.56. The third-order valence-electron chi connectivity index (χ3n) is 6.56. The number of benzene rings is 1. The molecule has 3 atom stereocenters. The summed E-state index contributed by atoms with van der Waals surface area (Å²) < 4.78 is 13.2. The molecule has 2 amide bonds. The molecule has 1 aliphatic heterocycles. The first kappa shape index (κ1) is 21.7. The van der Waals surface area contributed by atoms with E-state index in [9.17, 15) is 14.0 Å². The molecule has 1 saturated heterocycles. The van der Waals surface area contributed by atoms with Crippen LogP contribution in [-0.2, 0) is 9.59 Å². The van der Waals surface area contributed by atoms with Crippen LogP contribution in [-0.4, -0.2) is 56.6 Å². The third kappa shape index (κ3) is 6.24. The van der Waals surface area contributed by atoms with Crippen molar-refractivity contribution in [1.82, 2.24) is 5.32 Å². The molecule has 0 spiro atoms. The molecular weight excluding hydrogens is 371 g/mol. The van der Waals surface area contributed by atoms with E-state index in [4.69, 9.17) is 0 Å². The standard InChI is InChI=1S/C22H33FN4O2/c1-16-6-3-4-9-20(16)25-22(29)17(2)27-12-10-26(11-13-27)15-21(28)24-19-8-5-7-18(23)14-19/h5,7-8,14,16-17,20H,3-4,6,9-13,15H2,1-2H3,(H,24,28)(H,25,29)/p+2/t16-,17+,20-/m0/s1. The molecule has 7 heteroatoms. The quantitative estimate of drug-likeness (QED) is 0.521. The van der Waals surface area contributed by atoms with Gasteiger partial charge in [0.25, 0.3) is 11.8 Å². The SMILES string of the molecule is C[C@H](C(=O)N[C@H]1CCCC[C@@H]1C)[NH+]1CC[NH+](CC(=O)Nc2cccc(F)c2)CC1. The second-order valence-corrected chi connectivity index (χ2v) is 8.74. The van der Waals surface area contributed by atoms with E-state index in [1.165, 1.54) is 41.2 Å². The smallest absolute Gasteiger partial charge is 0.279 e. The number of halogens is 1. The molecule has 4 N–H and O–H groups in total. The van der Waals surface area contributed by atoms with Gasteiger partial charge in [0.15, 0.2) is 12.6 Å². The van der Waals surface area contributed by atoms with Gasteiger partial charge >= 0.3 is 0 Å². The molecule has 160 valence electrons. The van der Waals surface area contributed by atoms with Crippen LogP contribution in [0.2, 0.25) is 0 Å². The van der Waals surface area contributed by atoms with Crippen LogP contribution in [0.1, 0.15) is 39.5 Å². The van der Waals surface area contributed by atoms with Crippen molar-refractivity contribution >= 4 is 17.5 Å². The Kier molecular flexibility index (Phi) is 7.61. The lowest BCUT2D eigenvalue weighted by molar-refractivity contribution is -1.01. The van der Waals surface area contributed by atoms with Gasteiger partial charge in [-0.25, -0.2) is 4.39 Å². The molecule has 1 heterocycles. The van der Waals surface area contributed by atoms with Gasteiger partial charge in [-0.15, -0.1) is 0 Å². The van der Waals surface area contributed by atoms with Crippen molar-refractivity contribution in [1.29, 1.82) is 0 Å². The van der Waals surface area contributed by atoms with Crippen LogP contribution >= 0.6 is 0 Å². The molecule has 0 radical (unpaired) electrons. The number of amides is 2. The zero-order valence-corrected chi connectivity index (χ0v) is 17.6. The maximum absolute atomic E-state index is 13.2. The lowest BCUT2D eigenvalue weighted by atomic mass is 9.86. The van der Waals surface area contributed by atoms with Crippen LogP contribution in [0.5, 0.6) is 0 Å². The predicted octanol–water partition coefficient (Wildman–Crippen LogP) is -0.369. The molecule has 1 aromatic rings. The van der Waals surface area contributed by atoms with Crippen molar-refractivity contribution < 1.29 is 23.8 Å². The summed E-state index contributed by atoms with van der Waals surface area (Å²) in [5.41, 5.74) is 0.487. The van der Waals surface area contributed by atoms with E-state index in [1.54, 1.807) is 12.1 Å². The van der Waals surface area contributed by atoms with E-state index in [0.29, 0.717) is 24.2 Å². The molecule has 1 saturated carbocycles. The van der Waals surface area contributed by atoms with Crippen LogP contribution < -0.4 is 20.4 Å². The zero-order chi connectivity index (χ0) is 20.8. The van der Waals surface area contributed by atoms with Gasteiger partial charge < -0.3 is 20.4 Å². The summed E-state index contributed by atoms with van der Waals surface area (Å²) in [6, 6.07) is 6.20. The minimum Gasteiger partial charge on any atom is -0.348 e. The van der Waals surface area contributed by atoms with Crippen molar-refractivity contribution in [2.75, 3.05) is 38.0 Å². The van der Waals surface area contributed by atoms with E-state index < -0.39 is 0 Å². The van der Waals surface area contributed by atoms with Crippen molar-refractivity contribution in [3.63, 3.8) is 0 Å². The zero-order valence-electron chi connectivity index (χ0n) is 17.6. The monoisotopic (exact) mass is 406 g/mol. The number of piperazine rings is 1. The predicted molar refractivity (Wildman–Crippen MR) is 110 cm³/mol. The Balaban J connectivity index is 1.41. The summed E-state index contributed by atoms with van der Waals surface area (Å²) in [5, 5.41) is 6.04. The fourth-order valence-corrected chi connectivity index (χ4v) is 4.56. The van der Waals surface area contributed by atoms with Crippen LogP contribution in [0.15, 0.2) is 24.3 Å². The highest BCUT2D eigenvalue weighted by molar-refractivity contribution is 5.91. The normalized spacial score (nSPS) is 28.4. The van der Waals surface area contributed by atoms with E-state index in [-0.39, 0.29) is 23.7 Å². The molecule has 1 aromatic carbocycles. The van der Waals surface area contributed by atoms with Crippen LogP contribution in [0.3, 0.4) is 0 Å². The van der Waals surface area contributed by atoms with E-state index >= 15 is 0 Å². The second-order valence-electron chi connectivity index (χ2n) is 8.74. The summed E-state index contributed by atoms with van der Waals surface area (Å²) in [5.74, 6) is 0.257. The Hall–Kier alpha value is -1.99. The number of carbonyl (C=O) groups is 2. The minimum atomic E-state index is -0.359. The maximum atomic E-state index is 13.2. The van der Waals surface area contributed by atoms with Gasteiger partial charge in [0.1, 0.15) is 32.0 Å². The molecule has 6 nitrogen and oxygen atoms in total. The maximum Gasteiger partial charge on any atom is 0.279 e. The van der Waals surface area contributed by atoms with Crippen molar-refractivity contribution in [2.24, 2.45) is 5.92 Å². The molecule has 0 bridgehead atoms. The van der Waals surface area contributed by atoms with Gasteiger partial charge in [-0.3, -0.25) is 9.59 Å². The second kappa shape index (κ2) is 10.2. The first-order valence-corrected chi connectivity index (χ1v) is 11.0. The number of hydrogen-bond acceptors (Lipinski definition) is 2. The van der Waals surface area contributed by atoms with Crippen LogP contribution in [0, 0.1) is 11.7 Å². The van der Waals surface area contributed by atoms with Crippen LogP contribution in [0.25, 0.3) is 0 Å². The number of anilines is 1. The summed E-state index contributed by atoms with van der Waals surface area (Å²) in [7, 11) is 0. The first-order valence-electron chi connectivity index (χ1n) is 11.0. The first-order chi connectivity index (χ1) is 13.9. The molecule has 2 aliphatic rings. The highest BCUT2D eigenvalue weighted by Crippen LogP contribution is 2.23. The average molecular weight is 407 g/mol. The van der Waals surface area contributed by atoms with E-state index in [2.05, 4.69) is 17.6 Å². The largest absolute Gasteiger partial charge is 0.348 e.